The summed E-state index contributed by atoms with van der Waals surface area (Å²) < 4.78 is 5.19. The van der Waals surface area contributed by atoms with Crippen molar-refractivity contribution in [3.8, 4) is 23.8 Å². The summed E-state index contributed by atoms with van der Waals surface area (Å²) in [5, 5.41) is 0. The molecule has 2 aromatic heterocycles. The minimum absolute atomic E-state index is 0.619. The molecule has 0 aliphatic heterocycles. The average Bonchev–Trinajstić information content (AvgIpc) is 2.71. The van der Waals surface area contributed by atoms with Crippen LogP contribution >= 0.6 is 0 Å². The van der Waals surface area contributed by atoms with Gasteiger partial charge in [0.05, 0.1) is 6.26 Å². The normalized spacial score (nSPS) is 9.46. The molecule has 0 aliphatic rings. The van der Waals surface area contributed by atoms with Gasteiger partial charge in [0, 0.05) is 0 Å². The lowest BCUT2D eigenvalue weighted by Gasteiger charge is -1.95. The molecule has 0 radical (unpaired) electrons. The third-order valence-corrected chi connectivity index (χ3v) is 1.67. The van der Waals surface area contributed by atoms with Gasteiger partial charge in [0.2, 0.25) is 0 Å². The quantitative estimate of drug-likeness (QED) is 0.612. The van der Waals surface area contributed by atoms with E-state index in [0.29, 0.717) is 5.69 Å². The fraction of sp³-hybridized carbons (Fsp3) is 0. The zero-order valence-electron chi connectivity index (χ0n) is 6.90. The lowest BCUT2D eigenvalue weighted by atomic mass is 10.2. The number of hydrogen-bond acceptors (Lipinski definition) is 2. The molecule has 0 saturated carbocycles. The predicted octanol–water partition coefficient (Wildman–Crippen LogP) is 2.32. The fourth-order valence-corrected chi connectivity index (χ4v) is 1.08. The van der Waals surface area contributed by atoms with Crippen molar-refractivity contribution in [3.05, 3.63) is 42.3 Å². The first kappa shape index (κ1) is 7.63. The van der Waals surface area contributed by atoms with Gasteiger partial charge in [0.15, 0.2) is 5.76 Å². The van der Waals surface area contributed by atoms with E-state index in [2.05, 4.69) is 10.9 Å². The van der Waals surface area contributed by atoms with Crippen molar-refractivity contribution in [1.82, 2.24) is 4.98 Å². The highest BCUT2D eigenvalue weighted by molar-refractivity contribution is 5.52. The van der Waals surface area contributed by atoms with E-state index in [9.17, 15) is 0 Å². The molecule has 0 N–H and O–H groups in total. The van der Waals surface area contributed by atoms with Crippen LogP contribution < -0.4 is 0 Å². The summed E-state index contributed by atoms with van der Waals surface area (Å²) in [6.07, 6.45) is 6.84. The van der Waals surface area contributed by atoms with Crippen molar-refractivity contribution in [2.45, 2.75) is 0 Å². The SMILES string of the molecule is C#Cc1cccc(-c2ccco2)n1. The third kappa shape index (κ3) is 1.45. The zero-order chi connectivity index (χ0) is 9.10. The van der Waals surface area contributed by atoms with Gasteiger partial charge in [0.25, 0.3) is 0 Å². The highest BCUT2D eigenvalue weighted by Gasteiger charge is 2.01. The number of rotatable bonds is 1. The summed E-state index contributed by atoms with van der Waals surface area (Å²) >= 11 is 0. The van der Waals surface area contributed by atoms with E-state index in [1.807, 2.05) is 24.3 Å². The lowest BCUT2D eigenvalue weighted by Crippen LogP contribution is -1.84. The molecule has 0 unspecified atom stereocenters. The fourth-order valence-electron chi connectivity index (χ4n) is 1.08. The van der Waals surface area contributed by atoms with Gasteiger partial charge in [-0.15, -0.1) is 6.42 Å². The number of pyridine rings is 1. The predicted molar refractivity (Wildman–Crippen MR) is 49.9 cm³/mol. The number of furan rings is 1. The van der Waals surface area contributed by atoms with Gasteiger partial charge in [-0.2, -0.15) is 0 Å². The molecular formula is C11H7NO. The molecule has 0 aliphatic carbocycles. The van der Waals surface area contributed by atoms with Crippen molar-refractivity contribution in [1.29, 1.82) is 0 Å². The Bertz CT molecular complexity index is 437. The molecule has 0 atom stereocenters. The molecule has 2 nitrogen and oxygen atoms in total. The molecule has 0 spiro atoms. The molecule has 0 fully saturated rings. The average molecular weight is 169 g/mol. The third-order valence-electron chi connectivity index (χ3n) is 1.67. The molecule has 2 aromatic rings. The maximum Gasteiger partial charge on any atom is 0.152 e. The molecule has 2 heteroatoms. The van der Waals surface area contributed by atoms with Crippen LogP contribution in [0.5, 0.6) is 0 Å². The van der Waals surface area contributed by atoms with Crippen LogP contribution in [0.25, 0.3) is 11.5 Å². The summed E-state index contributed by atoms with van der Waals surface area (Å²) in [4.78, 5) is 4.20. The van der Waals surface area contributed by atoms with Crippen LogP contribution in [-0.4, -0.2) is 4.98 Å². The van der Waals surface area contributed by atoms with E-state index in [1.54, 1.807) is 12.3 Å². The lowest BCUT2D eigenvalue weighted by molar-refractivity contribution is 0.580. The van der Waals surface area contributed by atoms with Gasteiger partial charge in [-0.05, 0) is 24.3 Å². The maximum absolute atomic E-state index is 5.23. The molecule has 13 heavy (non-hydrogen) atoms. The van der Waals surface area contributed by atoms with E-state index in [1.165, 1.54) is 0 Å². The molecule has 2 heterocycles. The van der Waals surface area contributed by atoms with Crippen LogP contribution in [0.1, 0.15) is 5.69 Å². The Morgan fingerprint density at radius 2 is 2.15 bits per heavy atom. The van der Waals surface area contributed by atoms with E-state index < -0.39 is 0 Å². The number of nitrogens with zero attached hydrogens (tertiary/aromatic N) is 1. The second-order valence-electron chi connectivity index (χ2n) is 2.53. The zero-order valence-corrected chi connectivity index (χ0v) is 6.90. The topological polar surface area (TPSA) is 26.0 Å². The second kappa shape index (κ2) is 3.16. The summed E-state index contributed by atoms with van der Waals surface area (Å²) in [6, 6.07) is 9.17. The minimum atomic E-state index is 0.619. The summed E-state index contributed by atoms with van der Waals surface area (Å²) in [5.41, 5.74) is 1.38. The first-order valence-electron chi connectivity index (χ1n) is 3.88. The van der Waals surface area contributed by atoms with Crippen LogP contribution in [0.3, 0.4) is 0 Å². The molecule has 0 amide bonds. The molecular weight excluding hydrogens is 162 g/mol. The van der Waals surface area contributed by atoms with Crippen LogP contribution in [0.4, 0.5) is 0 Å². The number of hydrogen-bond donors (Lipinski definition) is 0. The van der Waals surface area contributed by atoms with Gasteiger partial charge in [-0.1, -0.05) is 12.0 Å². The molecule has 0 aromatic carbocycles. The van der Waals surface area contributed by atoms with Crippen molar-refractivity contribution >= 4 is 0 Å². The molecule has 0 saturated heterocycles. The molecule has 0 bridgehead atoms. The largest absolute Gasteiger partial charge is 0.463 e. The summed E-state index contributed by atoms with van der Waals surface area (Å²) in [6.45, 7) is 0. The van der Waals surface area contributed by atoms with Gasteiger partial charge >= 0.3 is 0 Å². The van der Waals surface area contributed by atoms with Crippen LogP contribution in [0.2, 0.25) is 0 Å². The Morgan fingerprint density at radius 3 is 2.85 bits per heavy atom. The summed E-state index contributed by atoms with van der Waals surface area (Å²) in [7, 11) is 0. The highest BCUT2D eigenvalue weighted by Crippen LogP contribution is 2.16. The molecule has 62 valence electrons. The van der Waals surface area contributed by atoms with Crippen LogP contribution in [0.15, 0.2) is 41.0 Å². The highest BCUT2D eigenvalue weighted by atomic mass is 16.3. The Balaban J connectivity index is 2.49. The van der Waals surface area contributed by atoms with Crippen molar-refractivity contribution in [2.75, 3.05) is 0 Å². The Kier molecular flexibility index (Phi) is 1.85. The monoisotopic (exact) mass is 169 g/mol. The van der Waals surface area contributed by atoms with E-state index in [-0.39, 0.29) is 0 Å². The van der Waals surface area contributed by atoms with Gasteiger partial charge < -0.3 is 4.42 Å². The Morgan fingerprint density at radius 1 is 1.23 bits per heavy atom. The van der Waals surface area contributed by atoms with Gasteiger partial charge in [-0.3, -0.25) is 0 Å². The van der Waals surface area contributed by atoms with Crippen molar-refractivity contribution < 1.29 is 4.42 Å². The Labute approximate surface area is 76.2 Å². The standard InChI is InChI=1S/C11H7NO/c1-2-9-5-3-6-10(12-9)11-7-4-8-13-11/h1,3-8H. The molecule has 2 rings (SSSR count). The first-order chi connectivity index (χ1) is 6.40. The van der Waals surface area contributed by atoms with Crippen LogP contribution in [-0.2, 0) is 0 Å². The van der Waals surface area contributed by atoms with E-state index in [0.717, 1.165) is 11.5 Å². The van der Waals surface area contributed by atoms with Gasteiger partial charge in [-0.25, -0.2) is 4.98 Å². The van der Waals surface area contributed by atoms with Crippen molar-refractivity contribution in [2.24, 2.45) is 0 Å². The van der Waals surface area contributed by atoms with Gasteiger partial charge in [0.1, 0.15) is 11.4 Å². The maximum atomic E-state index is 5.23. The smallest absolute Gasteiger partial charge is 0.152 e. The van der Waals surface area contributed by atoms with Crippen LogP contribution in [0, 0.1) is 12.3 Å². The Hall–Kier alpha value is -2.01. The summed E-state index contributed by atoms with van der Waals surface area (Å²) in [5.74, 6) is 3.21. The minimum Gasteiger partial charge on any atom is -0.463 e. The van der Waals surface area contributed by atoms with E-state index >= 15 is 0 Å². The first-order valence-corrected chi connectivity index (χ1v) is 3.88. The van der Waals surface area contributed by atoms with E-state index in [4.69, 9.17) is 10.8 Å². The number of aromatic nitrogens is 1. The second-order valence-corrected chi connectivity index (χ2v) is 2.53. The number of terminal acetylenes is 1. The van der Waals surface area contributed by atoms with Crippen molar-refractivity contribution in [3.63, 3.8) is 0 Å².